The first-order valence-electron chi connectivity index (χ1n) is 8.83. The topological polar surface area (TPSA) is 91.6 Å². The molecule has 0 amide bonds. The molecule has 2 N–H and O–H groups in total. The van der Waals surface area contributed by atoms with Gasteiger partial charge in [-0.25, -0.2) is 4.79 Å². The number of nitrogens with zero attached hydrogens (tertiary/aromatic N) is 2. The summed E-state index contributed by atoms with van der Waals surface area (Å²) in [6.07, 6.45) is 1.72. The lowest BCUT2D eigenvalue weighted by atomic mass is 10.00. The molecule has 7 nitrogen and oxygen atoms in total. The standard InChI is InChI=1S/C20H21N3O4/c1-20(18-8-9-21-22-18)13-23(10-11-26-20)12-14-6-7-17(27-14)15-4-2-3-5-16(15)19(24)25/h2-9H,10-13H2,1H3,(H,21,22)(H,24,25)/t20-/m1/s1. The van der Waals surface area contributed by atoms with Crippen molar-refractivity contribution in [3.8, 4) is 11.3 Å². The summed E-state index contributed by atoms with van der Waals surface area (Å²) in [6, 6.07) is 12.5. The number of carboxylic acid groups (broad SMARTS) is 1. The molecule has 4 rings (SSSR count). The summed E-state index contributed by atoms with van der Waals surface area (Å²) in [4.78, 5) is 13.7. The minimum absolute atomic E-state index is 0.233. The Morgan fingerprint density at radius 2 is 2.15 bits per heavy atom. The van der Waals surface area contributed by atoms with Crippen molar-refractivity contribution >= 4 is 5.97 Å². The SMILES string of the molecule is C[C@]1(c2ccn[nH]2)CN(Cc2ccc(-c3ccccc3C(=O)O)o2)CCO1. The molecule has 27 heavy (non-hydrogen) atoms. The fraction of sp³-hybridized carbons (Fsp3) is 0.300. The molecule has 0 saturated carbocycles. The van der Waals surface area contributed by atoms with Crippen LogP contribution in [0.5, 0.6) is 0 Å². The van der Waals surface area contributed by atoms with Crippen LogP contribution in [0.3, 0.4) is 0 Å². The molecule has 0 aliphatic carbocycles. The number of carboxylic acids is 1. The smallest absolute Gasteiger partial charge is 0.336 e. The Morgan fingerprint density at radius 1 is 1.30 bits per heavy atom. The van der Waals surface area contributed by atoms with E-state index in [1.54, 1.807) is 24.4 Å². The molecule has 3 heterocycles. The average Bonchev–Trinajstić information content (AvgIpc) is 3.34. The highest BCUT2D eigenvalue weighted by Crippen LogP contribution is 2.30. The summed E-state index contributed by atoms with van der Waals surface area (Å²) in [7, 11) is 0. The number of benzene rings is 1. The largest absolute Gasteiger partial charge is 0.478 e. The molecule has 1 fully saturated rings. The molecular weight excluding hydrogens is 346 g/mol. The first-order chi connectivity index (χ1) is 13.0. The Balaban J connectivity index is 1.51. The quantitative estimate of drug-likeness (QED) is 0.720. The molecule has 7 heteroatoms. The van der Waals surface area contributed by atoms with E-state index in [1.807, 2.05) is 31.2 Å². The minimum atomic E-state index is -0.966. The molecule has 2 aromatic heterocycles. The summed E-state index contributed by atoms with van der Waals surface area (Å²) in [5, 5.41) is 16.4. The first kappa shape index (κ1) is 17.5. The Kier molecular flexibility index (Phi) is 4.55. The van der Waals surface area contributed by atoms with Crippen molar-refractivity contribution in [1.29, 1.82) is 0 Å². The van der Waals surface area contributed by atoms with Crippen molar-refractivity contribution in [2.24, 2.45) is 0 Å². The van der Waals surface area contributed by atoms with Gasteiger partial charge in [0.05, 0.1) is 24.4 Å². The third kappa shape index (κ3) is 3.51. The second-order valence-corrected chi connectivity index (χ2v) is 6.88. The van der Waals surface area contributed by atoms with Crippen LogP contribution in [0, 0.1) is 0 Å². The molecule has 1 aromatic carbocycles. The number of hydrogen-bond donors (Lipinski definition) is 2. The van der Waals surface area contributed by atoms with E-state index in [9.17, 15) is 9.90 Å². The fourth-order valence-corrected chi connectivity index (χ4v) is 3.51. The number of rotatable bonds is 5. The number of aromatic carboxylic acids is 1. The van der Waals surface area contributed by atoms with Crippen LogP contribution in [0.15, 0.2) is 53.1 Å². The molecule has 1 atom stereocenters. The number of hydrogen-bond acceptors (Lipinski definition) is 5. The summed E-state index contributed by atoms with van der Waals surface area (Å²) >= 11 is 0. The van der Waals surface area contributed by atoms with Gasteiger partial charge < -0.3 is 14.3 Å². The molecule has 3 aromatic rings. The first-order valence-corrected chi connectivity index (χ1v) is 8.83. The van der Waals surface area contributed by atoms with Crippen LogP contribution < -0.4 is 0 Å². The molecule has 1 saturated heterocycles. The normalized spacial score (nSPS) is 20.6. The van der Waals surface area contributed by atoms with Crippen LogP contribution in [-0.2, 0) is 16.9 Å². The highest BCUT2D eigenvalue weighted by atomic mass is 16.5. The summed E-state index contributed by atoms with van der Waals surface area (Å²) in [5.74, 6) is 0.388. The predicted molar refractivity (Wildman–Crippen MR) is 98.3 cm³/mol. The highest BCUT2D eigenvalue weighted by molar-refractivity contribution is 5.95. The zero-order valence-electron chi connectivity index (χ0n) is 15.0. The predicted octanol–water partition coefficient (Wildman–Crippen LogP) is 3.12. The van der Waals surface area contributed by atoms with Crippen molar-refractivity contribution in [2.45, 2.75) is 19.1 Å². The zero-order chi connectivity index (χ0) is 18.9. The maximum absolute atomic E-state index is 11.4. The van der Waals surface area contributed by atoms with Crippen molar-refractivity contribution in [2.75, 3.05) is 19.7 Å². The third-order valence-electron chi connectivity index (χ3n) is 4.89. The zero-order valence-corrected chi connectivity index (χ0v) is 15.0. The van der Waals surface area contributed by atoms with Gasteiger partial charge in [0.2, 0.25) is 0 Å². The Hall–Kier alpha value is -2.90. The second kappa shape index (κ2) is 7.02. The molecule has 140 valence electrons. The number of morpholine rings is 1. The number of nitrogens with one attached hydrogen (secondary N) is 1. The lowest BCUT2D eigenvalue weighted by Gasteiger charge is -2.39. The van der Waals surface area contributed by atoms with E-state index >= 15 is 0 Å². The van der Waals surface area contributed by atoms with Gasteiger partial charge in [-0.15, -0.1) is 0 Å². The Morgan fingerprint density at radius 3 is 2.93 bits per heavy atom. The van der Waals surface area contributed by atoms with Gasteiger partial charge in [-0.2, -0.15) is 5.10 Å². The summed E-state index contributed by atoms with van der Waals surface area (Å²) < 4.78 is 11.9. The van der Waals surface area contributed by atoms with E-state index in [0.717, 1.165) is 18.0 Å². The lowest BCUT2D eigenvalue weighted by molar-refractivity contribution is -0.108. The monoisotopic (exact) mass is 367 g/mol. The molecule has 1 aliphatic rings. The summed E-state index contributed by atoms with van der Waals surface area (Å²) in [5.41, 5.74) is 1.32. The van der Waals surface area contributed by atoms with Crippen molar-refractivity contribution < 1.29 is 19.1 Å². The van der Waals surface area contributed by atoms with Crippen LogP contribution in [0.4, 0.5) is 0 Å². The maximum Gasteiger partial charge on any atom is 0.336 e. The third-order valence-corrected chi connectivity index (χ3v) is 4.89. The highest BCUT2D eigenvalue weighted by Gasteiger charge is 2.35. The number of furan rings is 1. The van der Waals surface area contributed by atoms with Crippen LogP contribution in [0.2, 0.25) is 0 Å². The second-order valence-electron chi connectivity index (χ2n) is 6.88. The van der Waals surface area contributed by atoms with Gasteiger partial charge in [0.25, 0.3) is 0 Å². The van der Waals surface area contributed by atoms with E-state index in [-0.39, 0.29) is 5.56 Å². The van der Waals surface area contributed by atoms with Crippen molar-refractivity contribution in [1.82, 2.24) is 15.1 Å². The van der Waals surface area contributed by atoms with Gasteiger partial charge in [-0.3, -0.25) is 10.00 Å². The van der Waals surface area contributed by atoms with Gasteiger partial charge in [0.1, 0.15) is 17.1 Å². The number of carbonyl (C=O) groups is 1. The van der Waals surface area contributed by atoms with E-state index in [1.165, 1.54) is 0 Å². The van der Waals surface area contributed by atoms with E-state index in [2.05, 4.69) is 15.1 Å². The van der Waals surface area contributed by atoms with E-state index in [0.29, 0.717) is 31.0 Å². The van der Waals surface area contributed by atoms with Crippen LogP contribution >= 0.6 is 0 Å². The van der Waals surface area contributed by atoms with Gasteiger partial charge in [0.15, 0.2) is 0 Å². The van der Waals surface area contributed by atoms with Crippen LogP contribution in [0.25, 0.3) is 11.3 Å². The molecule has 0 radical (unpaired) electrons. The Bertz CT molecular complexity index is 934. The van der Waals surface area contributed by atoms with E-state index in [4.69, 9.17) is 9.15 Å². The van der Waals surface area contributed by atoms with Gasteiger partial charge >= 0.3 is 5.97 Å². The Labute approximate surface area is 156 Å². The number of H-pyrrole nitrogens is 1. The van der Waals surface area contributed by atoms with Gasteiger partial charge in [0, 0.05) is 24.8 Å². The number of aromatic nitrogens is 2. The number of ether oxygens (including phenoxy) is 1. The van der Waals surface area contributed by atoms with Gasteiger partial charge in [-0.1, -0.05) is 18.2 Å². The molecule has 1 aliphatic heterocycles. The maximum atomic E-state index is 11.4. The van der Waals surface area contributed by atoms with Crippen LogP contribution in [0.1, 0.15) is 28.7 Å². The van der Waals surface area contributed by atoms with Crippen molar-refractivity contribution in [3.63, 3.8) is 0 Å². The molecule has 0 unspecified atom stereocenters. The van der Waals surface area contributed by atoms with E-state index < -0.39 is 11.6 Å². The molecular formula is C20H21N3O4. The summed E-state index contributed by atoms with van der Waals surface area (Å²) in [6.45, 7) is 4.79. The van der Waals surface area contributed by atoms with Crippen molar-refractivity contribution in [3.05, 3.63) is 65.7 Å². The van der Waals surface area contributed by atoms with Gasteiger partial charge in [-0.05, 0) is 31.2 Å². The molecule has 0 spiro atoms. The average molecular weight is 367 g/mol. The van der Waals surface area contributed by atoms with Crippen LogP contribution in [-0.4, -0.2) is 45.9 Å². The fourth-order valence-electron chi connectivity index (χ4n) is 3.51. The lowest BCUT2D eigenvalue weighted by Crippen LogP contribution is -2.47. The molecule has 0 bridgehead atoms. The minimum Gasteiger partial charge on any atom is -0.478 e. The number of aromatic amines is 1.